The number of benzene rings is 3. The number of amides is 1. The third kappa shape index (κ3) is 9.46. The Hall–Kier alpha value is -5.66. The topological polar surface area (TPSA) is 139 Å². The van der Waals surface area contributed by atoms with Crippen LogP contribution in [-0.4, -0.2) is 40.7 Å². The number of pyridine rings is 1. The van der Waals surface area contributed by atoms with Crippen molar-refractivity contribution in [3.8, 4) is 11.4 Å². The lowest BCUT2D eigenvalue weighted by Crippen LogP contribution is -2.44. The van der Waals surface area contributed by atoms with Crippen LogP contribution in [-0.2, 0) is 20.9 Å². The van der Waals surface area contributed by atoms with Gasteiger partial charge in [0.2, 0.25) is 0 Å². The molecule has 1 atom stereocenters. The number of aromatic nitrogens is 1. The van der Waals surface area contributed by atoms with Gasteiger partial charge in [-0.05, 0) is 57.4 Å². The summed E-state index contributed by atoms with van der Waals surface area (Å²) >= 11 is 0. The molecule has 1 aromatic heterocycles. The number of hydrogen-bond acceptors (Lipinski definition) is 8. The fourth-order valence-corrected chi connectivity index (χ4v) is 4.64. The van der Waals surface area contributed by atoms with E-state index in [0.717, 1.165) is 42.0 Å². The summed E-state index contributed by atoms with van der Waals surface area (Å²) in [4.78, 5) is 50.9. The molecular weight excluding hydrogens is 650 g/mol. The first-order valence-corrected chi connectivity index (χ1v) is 15.0. The van der Waals surface area contributed by atoms with Crippen molar-refractivity contribution in [2.24, 2.45) is 0 Å². The Kier molecular flexibility index (Phi) is 11.4. The van der Waals surface area contributed by atoms with Crippen LogP contribution in [0.4, 0.5) is 28.2 Å². The molecular formula is C35H33F4N3O7. The fourth-order valence-electron chi connectivity index (χ4n) is 4.64. The van der Waals surface area contributed by atoms with Crippen molar-refractivity contribution >= 4 is 23.7 Å². The third-order valence-corrected chi connectivity index (χ3v) is 6.87. The minimum atomic E-state index is -1.28. The highest BCUT2D eigenvalue weighted by molar-refractivity contribution is 6.11. The van der Waals surface area contributed by atoms with Crippen LogP contribution < -0.4 is 21.3 Å². The molecule has 0 radical (unpaired) electrons. The van der Waals surface area contributed by atoms with Crippen molar-refractivity contribution in [3.05, 3.63) is 123 Å². The number of halogens is 4. The first-order chi connectivity index (χ1) is 23.1. The van der Waals surface area contributed by atoms with E-state index in [2.05, 4.69) is 5.32 Å². The van der Waals surface area contributed by atoms with Crippen LogP contribution in [0.3, 0.4) is 0 Å². The molecule has 4 rings (SSSR count). The molecule has 10 nitrogen and oxygen atoms in total. The summed E-state index contributed by atoms with van der Waals surface area (Å²) in [6, 6.07) is 13.3. The molecule has 4 aromatic rings. The van der Waals surface area contributed by atoms with E-state index in [9.17, 15) is 28.0 Å². The van der Waals surface area contributed by atoms with Crippen LogP contribution in [0.5, 0.6) is 5.75 Å². The molecule has 1 heterocycles. The maximum atomic E-state index is 15.3. The van der Waals surface area contributed by atoms with Crippen molar-refractivity contribution < 1.29 is 46.2 Å². The van der Waals surface area contributed by atoms with Gasteiger partial charge in [-0.2, -0.15) is 0 Å². The Morgan fingerprint density at radius 2 is 1.53 bits per heavy atom. The van der Waals surface area contributed by atoms with Gasteiger partial charge in [0.15, 0.2) is 17.4 Å². The highest BCUT2D eigenvalue weighted by atomic mass is 19.1. The van der Waals surface area contributed by atoms with Crippen molar-refractivity contribution in [3.63, 3.8) is 0 Å². The van der Waals surface area contributed by atoms with Gasteiger partial charge in [0.25, 0.3) is 5.56 Å². The first-order valence-electron chi connectivity index (χ1n) is 15.0. The van der Waals surface area contributed by atoms with Gasteiger partial charge in [-0.15, -0.1) is 0 Å². The maximum Gasteiger partial charge on any atom is 0.408 e. The number of hydrogen-bond donors (Lipinski definition) is 2. The Morgan fingerprint density at radius 3 is 2.16 bits per heavy atom. The van der Waals surface area contributed by atoms with Crippen LogP contribution >= 0.6 is 0 Å². The Balaban J connectivity index is 1.45. The monoisotopic (exact) mass is 683 g/mol. The van der Waals surface area contributed by atoms with E-state index in [-0.39, 0.29) is 31.8 Å². The summed E-state index contributed by atoms with van der Waals surface area (Å²) in [6.45, 7) is 4.79. The van der Waals surface area contributed by atoms with Crippen molar-refractivity contribution in [2.75, 3.05) is 12.3 Å². The van der Waals surface area contributed by atoms with Crippen LogP contribution in [0.15, 0.2) is 77.6 Å². The van der Waals surface area contributed by atoms with Gasteiger partial charge in [0.1, 0.15) is 47.1 Å². The average Bonchev–Trinajstić information content (AvgIpc) is 3.02. The Morgan fingerprint density at radius 1 is 0.878 bits per heavy atom. The van der Waals surface area contributed by atoms with E-state index in [1.807, 2.05) is 6.07 Å². The number of nitrogens with two attached hydrogens (primary N) is 1. The lowest BCUT2D eigenvalue weighted by Gasteiger charge is -2.24. The summed E-state index contributed by atoms with van der Waals surface area (Å²) in [7, 11) is 0. The zero-order valence-corrected chi connectivity index (χ0v) is 26.7. The maximum absolute atomic E-state index is 15.3. The summed E-state index contributed by atoms with van der Waals surface area (Å²) < 4.78 is 74.7. The molecule has 49 heavy (non-hydrogen) atoms. The summed E-state index contributed by atoms with van der Waals surface area (Å²) in [5.41, 5.74) is 2.92. The van der Waals surface area contributed by atoms with Crippen LogP contribution in [0.1, 0.15) is 55.1 Å². The summed E-state index contributed by atoms with van der Waals surface area (Å²) in [5, 5.41) is 2.47. The molecule has 0 saturated heterocycles. The zero-order chi connectivity index (χ0) is 35.9. The standard InChI is InChI=1S/C35H33F4N3O7/c1-35(2,3)49-33(45)28(41-34(46)48-19-20-8-5-4-6-9-20)10-7-15-47-22-17-26(38)30(27(39)18-22)42-29(43)14-13-24(32(42)40)31(44)23-12-11-21(36)16-25(23)37/h4-6,8-9,11-14,16-18,28H,7,10,15,19,40H2,1-3H3,(H,41,46). The number of alkyl carbamates (subject to hydrolysis) is 1. The van der Waals surface area contributed by atoms with E-state index in [1.54, 1.807) is 45.0 Å². The number of carbonyl (C=O) groups excluding carboxylic acids is 3. The van der Waals surface area contributed by atoms with Gasteiger partial charge in [-0.1, -0.05) is 30.3 Å². The summed E-state index contributed by atoms with van der Waals surface area (Å²) in [6.07, 6.45) is -0.729. The highest BCUT2D eigenvalue weighted by Gasteiger charge is 2.28. The largest absolute Gasteiger partial charge is 0.493 e. The lowest BCUT2D eigenvalue weighted by atomic mass is 10.0. The molecule has 14 heteroatoms. The molecule has 0 fully saturated rings. The van der Waals surface area contributed by atoms with Crippen molar-refractivity contribution in [2.45, 2.75) is 51.9 Å². The van der Waals surface area contributed by atoms with Gasteiger partial charge in [-0.3, -0.25) is 14.2 Å². The average molecular weight is 684 g/mol. The van der Waals surface area contributed by atoms with E-state index < -0.39 is 80.9 Å². The Bertz CT molecular complexity index is 1890. The van der Waals surface area contributed by atoms with Crippen LogP contribution in [0.2, 0.25) is 0 Å². The molecule has 0 aliphatic rings. The normalized spacial score (nSPS) is 11.8. The van der Waals surface area contributed by atoms with Gasteiger partial charge in [0, 0.05) is 24.3 Å². The predicted molar refractivity (Wildman–Crippen MR) is 170 cm³/mol. The number of anilines is 1. The second-order valence-corrected chi connectivity index (χ2v) is 11.8. The van der Waals surface area contributed by atoms with Crippen molar-refractivity contribution in [1.29, 1.82) is 0 Å². The molecule has 0 aliphatic heterocycles. The number of esters is 1. The fraction of sp³-hybridized carbons (Fsp3) is 0.257. The third-order valence-electron chi connectivity index (χ3n) is 6.87. The van der Waals surface area contributed by atoms with E-state index in [1.165, 1.54) is 0 Å². The number of rotatable bonds is 12. The number of ketones is 1. The molecule has 0 aliphatic carbocycles. The van der Waals surface area contributed by atoms with Gasteiger partial charge < -0.3 is 25.3 Å². The Labute approximate surface area is 278 Å². The molecule has 1 unspecified atom stereocenters. The second kappa shape index (κ2) is 15.5. The van der Waals surface area contributed by atoms with Gasteiger partial charge >= 0.3 is 12.1 Å². The second-order valence-electron chi connectivity index (χ2n) is 11.8. The molecule has 258 valence electrons. The number of carbonyl (C=O) groups is 3. The highest BCUT2D eigenvalue weighted by Crippen LogP contribution is 2.27. The van der Waals surface area contributed by atoms with Gasteiger partial charge in [-0.25, -0.2) is 27.2 Å². The van der Waals surface area contributed by atoms with Crippen LogP contribution in [0.25, 0.3) is 5.69 Å². The molecule has 0 saturated carbocycles. The zero-order valence-electron chi connectivity index (χ0n) is 26.7. The molecule has 3 aromatic carbocycles. The number of nitrogens with one attached hydrogen (secondary N) is 1. The SMILES string of the molecule is CC(C)(C)OC(=O)C(CCCOc1cc(F)c(-n2c(N)c(C(=O)c3ccc(F)cc3F)ccc2=O)c(F)c1)NC(=O)OCc1ccccc1. The van der Waals surface area contributed by atoms with E-state index in [4.69, 9.17) is 19.9 Å². The quantitative estimate of drug-likeness (QED) is 0.0803. The summed E-state index contributed by atoms with van der Waals surface area (Å²) in [5.74, 6) is -7.43. The van der Waals surface area contributed by atoms with Crippen molar-refractivity contribution in [1.82, 2.24) is 9.88 Å². The van der Waals surface area contributed by atoms with E-state index >= 15 is 8.78 Å². The molecule has 0 spiro atoms. The first kappa shape index (κ1) is 36.2. The molecule has 1 amide bonds. The minimum absolute atomic E-state index is 0.0137. The van der Waals surface area contributed by atoms with Crippen LogP contribution in [0, 0.1) is 23.3 Å². The number of nitrogen functional groups attached to an aromatic ring is 1. The van der Waals surface area contributed by atoms with E-state index in [0.29, 0.717) is 10.6 Å². The smallest absolute Gasteiger partial charge is 0.408 e. The number of ether oxygens (including phenoxy) is 3. The lowest BCUT2D eigenvalue weighted by molar-refractivity contribution is -0.157. The minimum Gasteiger partial charge on any atom is -0.493 e. The van der Waals surface area contributed by atoms with Gasteiger partial charge in [0.05, 0.1) is 17.7 Å². The molecule has 3 N–H and O–H groups in total. The predicted octanol–water partition coefficient (Wildman–Crippen LogP) is 6.00. The molecule has 0 bridgehead atoms. The number of nitrogens with zero attached hydrogens (tertiary/aromatic N) is 1.